The lowest BCUT2D eigenvalue weighted by molar-refractivity contribution is -0.222. The number of carbonyl (C=O) groups is 1. The molecule has 0 bridgehead atoms. The number of hydrogen-bond donors (Lipinski definition) is 0. The van der Waals surface area contributed by atoms with Crippen molar-refractivity contribution in [3.8, 4) is 6.07 Å². The van der Waals surface area contributed by atoms with Crippen LogP contribution in [0.1, 0.15) is 106 Å². The second kappa shape index (κ2) is 8.67. The Morgan fingerprint density at radius 1 is 1.06 bits per heavy atom. The molecule has 4 fully saturated rings. The molecule has 0 aromatic heterocycles. The van der Waals surface area contributed by atoms with E-state index in [4.69, 9.17) is 4.74 Å². The molecule has 0 heterocycles. The average molecular weight is 468 g/mol. The van der Waals surface area contributed by atoms with E-state index in [-0.39, 0.29) is 27.6 Å². The number of nitrogens with zero attached hydrogens (tertiary/aromatic N) is 1. The quantitative estimate of drug-likeness (QED) is 0.304. The zero-order valence-corrected chi connectivity index (χ0v) is 23.0. The highest BCUT2D eigenvalue weighted by Crippen LogP contribution is 2.76. The third-order valence-electron chi connectivity index (χ3n) is 12.6. The van der Waals surface area contributed by atoms with Crippen LogP contribution in [0.25, 0.3) is 0 Å². The van der Waals surface area contributed by atoms with Gasteiger partial charge in [0.15, 0.2) is 0 Å². The molecular formula is C31H49NO2. The number of esters is 1. The van der Waals surface area contributed by atoms with Gasteiger partial charge in [-0.2, -0.15) is 5.26 Å². The largest absolute Gasteiger partial charge is 0.469 e. The van der Waals surface area contributed by atoms with Gasteiger partial charge in [0.25, 0.3) is 0 Å². The first-order valence-corrected chi connectivity index (χ1v) is 14.0. The van der Waals surface area contributed by atoms with Crippen LogP contribution in [0.5, 0.6) is 0 Å². The van der Waals surface area contributed by atoms with Crippen LogP contribution in [0.2, 0.25) is 0 Å². The van der Waals surface area contributed by atoms with Gasteiger partial charge in [0.2, 0.25) is 0 Å². The van der Waals surface area contributed by atoms with Crippen LogP contribution in [-0.2, 0) is 9.53 Å². The van der Waals surface area contributed by atoms with E-state index in [1.165, 1.54) is 37.7 Å². The summed E-state index contributed by atoms with van der Waals surface area (Å²) in [6.45, 7) is 19.1. The number of methoxy groups -OCH3 is 1. The standard InChI is InChI=1S/C31H49NO2/c1-20(2)22-12-16-31(27(33)34-8)18-17-29(6)24(26(22)31)10-11-25-28(5,14-9-19-32)23(21(3)4)13-15-30(25,29)7/h20,22-26H,3,9-18H2,1-2,4-8H3/t22-,23-,24+,25+,26-,28-,29+,30+,31+/m0/s1. The number of ether oxygens (including phenoxy) is 1. The first-order chi connectivity index (χ1) is 15.9. The summed E-state index contributed by atoms with van der Waals surface area (Å²) in [4.78, 5) is 13.4. The summed E-state index contributed by atoms with van der Waals surface area (Å²) >= 11 is 0. The number of hydrogen-bond acceptors (Lipinski definition) is 3. The second-order valence-corrected chi connectivity index (χ2v) is 13.8. The van der Waals surface area contributed by atoms with Crippen LogP contribution in [0.15, 0.2) is 12.2 Å². The maximum atomic E-state index is 13.4. The SMILES string of the molecule is C=C(C)[C@@H]1CC[C@]2(C)[C@H](CC[C@@H]3[C@@H]4[C@H](C(C)C)CC[C@@]4(C(=O)OC)CC[C@]32C)[C@@]1(C)CCC#N. The number of allylic oxidation sites excluding steroid dienone is 1. The molecular weight excluding hydrogens is 418 g/mol. The van der Waals surface area contributed by atoms with Gasteiger partial charge in [-0.15, -0.1) is 0 Å². The van der Waals surface area contributed by atoms with Crippen molar-refractivity contribution in [2.45, 2.75) is 106 Å². The predicted molar refractivity (Wildman–Crippen MR) is 138 cm³/mol. The van der Waals surface area contributed by atoms with Crippen molar-refractivity contribution >= 4 is 5.97 Å². The van der Waals surface area contributed by atoms with Crippen LogP contribution < -0.4 is 0 Å². The Bertz CT molecular complexity index is 871. The summed E-state index contributed by atoms with van der Waals surface area (Å²) in [5.74, 6) is 3.42. The molecule has 0 aromatic carbocycles. The number of nitriles is 1. The zero-order valence-electron chi connectivity index (χ0n) is 23.0. The molecule has 0 unspecified atom stereocenters. The van der Waals surface area contributed by atoms with Crippen molar-refractivity contribution in [2.75, 3.05) is 7.11 Å². The topological polar surface area (TPSA) is 50.1 Å². The van der Waals surface area contributed by atoms with Gasteiger partial charge in [0.1, 0.15) is 0 Å². The van der Waals surface area contributed by atoms with E-state index in [9.17, 15) is 10.1 Å². The molecule has 3 nitrogen and oxygen atoms in total. The molecule has 0 spiro atoms. The van der Waals surface area contributed by atoms with Gasteiger partial charge in [-0.05, 0) is 116 Å². The predicted octanol–water partition coefficient (Wildman–Crippen LogP) is 7.96. The van der Waals surface area contributed by atoms with Gasteiger partial charge < -0.3 is 4.74 Å². The first kappa shape index (κ1) is 25.8. The van der Waals surface area contributed by atoms with Crippen LogP contribution in [0.3, 0.4) is 0 Å². The zero-order chi connectivity index (χ0) is 25.1. The third kappa shape index (κ3) is 3.29. The maximum absolute atomic E-state index is 13.4. The van der Waals surface area contributed by atoms with Crippen LogP contribution >= 0.6 is 0 Å². The molecule has 4 aliphatic carbocycles. The van der Waals surface area contributed by atoms with Gasteiger partial charge in [-0.3, -0.25) is 4.79 Å². The van der Waals surface area contributed by atoms with Gasteiger partial charge >= 0.3 is 5.97 Å². The Labute approximate surface area is 209 Å². The number of carbonyl (C=O) groups excluding carboxylic acids is 1. The minimum absolute atomic E-state index is 0.0693. The smallest absolute Gasteiger partial charge is 0.312 e. The molecule has 0 aliphatic heterocycles. The van der Waals surface area contributed by atoms with Gasteiger partial charge in [-0.1, -0.05) is 46.8 Å². The van der Waals surface area contributed by atoms with Crippen molar-refractivity contribution in [2.24, 2.45) is 57.2 Å². The summed E-state index contributed by atoms with van der Waals surface area (Å²) in [6, 6.07) is 2.46. The Morgan fingerprint density at radius 3 is 2.35 bits per heavy atom. The molecule has 190 valence electrons. The van der Waals surface area contributed by atoms with E-state index in [0.29, 0.717) is 41.9 Å². The molecule has 34 heavy (non-hydrogen) atoms. The van der Waals surface area contributed by atoms with Crippen LogP contribution in [-0.4, -0.2) is 13.1 Å². The van der Waals surface area contributed by atoms with Crippen LogP contribution in [0, 0.1) is 68.5 Å². The van der Waals surface area contributed by atoms with E-state index in [1.54, 1.807) is 7.11 Å². The third-order valence-corrected chi connectivity index (χ3v) is 12.6. The van der Waals surface area contributed by atoms with Crippen molar-refractivity contribution in [3.63, 3.8) is 0 Å². The maximum Gasteiger partial charge on any atom is 0.312 e. The van der Waals surface area contributed by atoms with E-state index in [0.717, 1.165) is 25.7 Å². The van der Waals surface area contributed by atoms with Gasteiger partial charge in [0.05, 0.1) is 18.6 Å². The molecule has 4 aliphatic rings. The highest BCUT2D eigenvalue weighted by Gasteiger charge is 2.70. The molecule has 0 radical (unpaired) electrons. The molecule has 0 amide bonds. The normalized spacial score (nSPS) is 47.8. The minimum Gasteiger partial charge on any atom is -0.469 e. The molecule has 0 N–H and O–H groups in total. The average Bonchev–Trinajstić information content (AvgIpc) is 3.19. The fourth-order valence-corrected chi connectivity index (χ4v) is 10.8. The lowest BCUT2D eigenvalue weighted by Crippen LogP contribution is -2.64. The summed E-state index contributed by atoms with van der Waals surface area (Å²) < 4.78 is 5.51. The van der Waals surface area contributed by atoms with E-state index < -0.39 is 0 Å². The first-order valence-electron chi connectivity index (χ1n) is 14.0. The highest BCUT2D eigenvalue weighted by molar-refractivity contribution is 5.78. The van der Waals surface area contributed by atoms with Crippen molar-refractivity contribution < 1.29 is 9.53 Å². The van der Waals surface area contributed by atoms with E-state index in [1.807, 2.05) is 0 Å². The fourth-order valence-electron chi connectivity index (χ4n) is 10.8. The van der Waals surface area contributed by atoms with Crippen molar-refractivity contribution in [3.05, 3.63) is 12.2 Å². The minimum atomic E-state index is -0.268. The molecule has 0 aromatic rings. The monoisotopic (exact) mass is 467 g/mol. The number of fused-ring (bicyclic) bond motifs is 5. The van der Waals surface area contributed by atoms with E-state index in [2.05, 4.69) is 54.2 Å². The summed E-state index contributed by atoms with van der Waals surface area (Å²) in [5.41, 5.74) is 1.63. The Morgan fingerprint density at radius 2 is 1.76 bits per heavy atom. The second-order valence-electron chi connectivity index (χ2n) is 13.8. The van der Waals surface area contributed by atoms with Gasteiger partial charge in [-0.25, -0.2) is 0 Å². The van der Waals surface area contributed by atoms with Gasteiger partial charge in [0, 0.05) is 6.42 Å². The molecule has 4 saturated carbocycles. The Hall–Kier alpha value is -1.30. The molecule has 3 heteroatoms. The summed E-state index contributed by atoms with van der Waals surface area (Å²) in [7, 11) is 1.60. The Balaban J connectivity index is 1.78. The summed E-state index contributed by atoms with van der Waals surface area (Å²) in [5, 5.41) is 9.51. The van der Waals surface area contributed by atoms with Crippen molar-refractivity contribution in [1.29, 1.82) is 5.26 Å². The van der Waals surface area contributed by atoms with Crippen molar-refractivity contribution in [1.82, 2.24) is 0 Å². The lowest BCUT2D eigenvalue weighted by atomic mass is 9.34. The lowest BCUT2D eigenvalue weighted by Gasteiger charge is -2.70. The fraction of sp³-hybridized carbons (Fsp3) is 0.871. The Kier molecular flexibility index (Phi) is 6.58. The molecule has 4 rings (SSSR count). The molecule has 0 saturated heterocycles. The van der Waals surface area contributed by atoms with Crippen LogP contribution in [0.4, 0.5) is 0 Å². The number of rotatable bonds is 5. The van der Waals surface area contributed by atoms with E-state index >= 15 is 0 Å². The highest BCUT2D eigenvalue weighted by atomic mass is 16.5. The summed E-state index contributed by atoms with van der Waals surface area (Å²) in [6.07, 6.45) is 10.8. The molecule has 9 atom stereocenters.